The Morgan fingerprint density at radius 1 is 1.32 bits per heavy atom. The van der Waals surface area contributed by atoms with Gasteiger partial charge in [-0.3, -0.25) is 0 Å². The third kappa shape index (κ3) is 3.47. The SMILES string of the molecule is CC.CCCc1sc2c(NCc3ccco3)cnnc2c1C. The summed E-state index contributed by atoms with van der Waals surface area (Å²) in [7, 11) is 0. The number of nitrogens with zero attached hydrogens (tertiary/aromatic N) is 2. The van der Waals surface area contributed by atoms with Crippen molar-refractivity contribution in [2.45, 2.75) is 47.1 Å². The van der Waals surface area contributed by atoms with Crippen molar-refractivity contribution in [1.82, 2.24) is 10.2 Å². The first-order valence-electron chi connectivity index (χ1n) is 7.79. The minimum atomic E-state index is 0.661. The van der Waals surface area contributed by atoms with Gasteiger partial charge in [0.15, 0.2) is 0 Å². The molecule has 3 rings (SSSR count). The highest BCUT2D eigenvalue weighted by atomic mass is 32.1. The average molecular weight is 317 g/mol. The molecule has 0 aliphatic heterocycles. The van der Waals surface area contributed by atoms with Crippen LogP contribution in [-0.4, -0.2) is 10.2 Å². The number of furan rings is 1. The summed E-state index contributed by atoms with van der Waals surface area (Å²) in [6.45, 7) is 8.99. The Morgan fingerprint density at radius 3 is 2.82 bits per heavy atom. The number of aromatic nitrogens is 2. The number of hydrogen-bond donors (Lipinski definition) is 1. The normalized spacial score (nSPS) is 10.4. The first-order chi connectivity index (χ1) is 10.8. The molecule has 22 heavy (non-hydrogen) atoms. The lowest BCUT2D eigenvalue weighted by Crippen LogP contribution is -1.99. The molecule has 0 saturated heterocycles. The lowest BCUT2D eigenvalue weighted by molar-refractivity contribution is 0.518. The van der Waals surface area contributed by atoms with E-state index < -0.39 is 0 Å². The topological polar surface area (TPSA) is 51.0 Å². The Labute approximate surface area is 135 Å². The maximum atomic E-state index is 5.34. The van der Waals surface area contributed by atoms with Gasteiger partial charge >= 0.3 is 0 Å². The van der Waals surface area contributed by atoms with Gasteiger partial charge in [-0.15, -0.1) is 16.4 Å². The molecule has 3 aromatic heterocycles. The maximum Gasteiger partial charge on any atom is 0.122 e. The Kier molecular flexibility index (Phi) is 5.95. The van der Waals surface area contributed by atoms with E-state index >= 15 is 0 Å². The highest BCUT2D eigenvalue weighted by molar-refractivity contribution is 7.19. The summed E-state index contributed by atoms with van der Waals surface area (Å²) in [4.78, 5) is 1.41. The predicted molar refractivity (Wildman–Crippen MR) is 93.5 cm³/mol. The maximum absolute atomic E-state index is 5.34. The lowest BCUT2D eigenvalue weighted by atomic mass is 10.2. The second-order valence-corrected chi connectivity index (χ2v) is 5.87. The number of rotatable bonds is 5. The molecule has 0 bridgehead atoms. The van der Waals surface area contributed by atoms with Gasteiger partial charge in [0.2, 0.25) is 0 Å². The molecule has 3 aromatic rings. The summed E-state index contributed by atoms with van der Waals surface area (Å²) >= 11 is 1.82. The van der Waals surface area contributed by atoms with E-state index in [0.29, 0.717) is 6.54 Å². The van der Waals surface area contributed by atoms with Crippen LogP contribution in [0, 0.1) is 6.92 Å². The number of hydrogen-bond acceptors (Lipinski definition) is 5. The van der Waals surface area contributed by atoms with E-state index in [1.807, 2.05) is 37.3 Å². The van der Waals surface area contributed by atoms with Crippen molar-refractivity contribution < 1.29 is 4.42 Å². The van der Waals surface area contributed by atoms with Gasteiger partial charge in [0.25, 0.3) is 0 Å². The van der Waals surface area contributed by atoms with Crippen LogP contribution in [0.4, 0.5) is 5.69 Å². The number of fused-ring (bicyclic) bond motifs is 1. The number of thiophene rings is 1. The summed E-state index contributed by atoms with van der Waals surface area (Å²) in [6.07, 6.45) is 5.73. The van der Waals surface area contributed by atoms with Crippen molar-refractivity contribution in [1.29, 1.82) is 0 Å². The average Bonchev–Trinajstić information content (AvgIpc) is 3.17. The van der Waals surface area contributed by atoms with Crippen LogP contribution in [0.2, 0.25) is 0 Å². The summed E-state index contributed by atoms with van der Waals surface area (Å²) in [5.74, 6) is 0.914. The standard InChI is InChI=1S/C15H17N3OS.C2H6/c1-3-5-13-10(2)14-15(20-13)12(9-17-18-14)16-8-11-6-4-7-19-11;1-2/h4,6-7,9H,3,5,8H2,1-2H3,(H,16,18);1-2H3. The summed E-state index contributed by atoms with van der Waals surface area (Å²) < 4.78 is 6.53. The van der Waals surface area contributed by atoms with E-state index in [9.17, 15) is 0 Å². The highest BCUT2D eigenvalue weighted by Gasteiger charge is 2.13. The first kappa shape index (κ1) is 16.5. The zero-order chi connectivity index (χ0) is 15.9. The molecule has 0 aliphatic carbocycles. The van der Waals surface area contributed by atoms with Crippen molar-refractivity contribution in [3.8, 4) is 0 Å². The zero-order valence-corrected chi connectivity index (χ0v) is 14.5. The van der Waals surface area contributed by atoms with Crippen LogP contribution in [0.1, 0.15) is 43.4 Å². The van der Waals surface area contributed by atoms with Gasteiger partial charge in [-0.1, -0.05) is 27.2 Å². The first-order valence-corrected chi connectivity index (χ1v) is 8.61. The molecule has 0 unspecified atom stereocenters. The Hall–Kier alpha value is -1.88. The molecule has 0 aromatic carbocycles. The largest absolute Gasteiger partial charge is 0.467 e. The molecule has 1 N–H and O–H groups in total. The van der Waals surface area contributed by atoms with Gasteiger partial charge in [-0.05, 0) is 31.0 Å². The van der Waals surface area contributed by atoms with Crippen molar-refractivity contribution in [2.24, 2.45) is 0 Å². The Morgan fingerprint density at radius 2 is 2.14 bits per heavy atom. The van der Waals surface area contributed by atoms with Gasteiger partial charge in [-0.25, -0.2) is 0 Å². The molecule has 0 fully saturated rings. The van der Waals surface area contributed by atoms with E-state index in [1.165, 1.54) is 15.1 Å². The summed E-state index contributed by atoms with van der Waals surface area (Å²) in [6, 6.07) is 3.85. The lowest BCUT2D eigenvalue weighted by Gasteiger charge is -2.04. The van der Waals surface area contributed by atoms with E-state index in [1.54, 1.807) is 12.5 Å². The third-order valence-corrected chi connectivity index (χ3v) is 4.69. The molecule has 4 nitrogen and oxygen atoms in total. The fourth-order valence-electron chi connectivity index (χ4n) is 2.24. The molecule has 0 radical (unpaired) electrons. The second-order valence-electron chi connectivity index (χ2n) is 4.77. The molecule has 0 spiro atoms. The number of nitrogens with one attached hydrogen (secondary N) is 1. The van der Waals surface area contributed by atoms with Gasteiger partial charge in [0, 0.05) is 4.88 Å². The van der Waals surface area contributed by atoms with Crippen molar-refractivity contribution in [3.63, 3.8) is 0 Å². The summed E-state index contributed by atoms with van der Waals surface area (Å²) in [5, 5.41) is 11.8. The van der Waals surface area contributed by atoms with Crippen LogP contribution < -0.4 is 5.32 Å². The molecule has 0 atom stereocenters. The fourth-order valence-corrected chi connectivity index (χ4v) is 3.57. The Bertz CT molecular complexity index is 704. The monoisotopic (exact) mass is 317 g/mol. The van der Waals surface area contributed by atoms with Crippen LogP contribution in [-0.2, 0) is 13.0 Å². The van der Waals surface area contributed by atoms with Crippen LogP contribution in [0.15, 0.2) is 29.0 Å². The molecule has 118 valence electrons. The number of anilines is 1. The van der Waals surface area contributed by atoms with Gasteiger partial charge in [0.1, 0.15) is 11.3 Å². The highest BCUT2D eigenvalue weighted by Crippen LogP contribution is 2.34. The van der Waals surface area contributed by atoms with Crippen LogP contribution in [0.25, 0.3) is 10.2 Å². The minimum Gasteiger partial charge on any atom is -0.467 e. The van der Waals surface area contributed by atoms with Crippen LogP contribution in [0.3, 0.4) is 0 Å². The summed E-state index contributed by atoms with van der Waals surface area (Å²) in [5.41, 5.74) is 3.31. The molecule has 5 heteroatoms. The quantitative estimate of drug-likeness (QED) is 0.704. The fraction of sp³-hybridized carbons (Fsp3) is 0.412. The predicted octanol–water partition coefficient (Wildman–Crippen LogP) is 5.18. The van der Waals surface area contributed by atoms with E-state index in [2.05, 4.69) is 29.4 Å². The molecular formula is C17H23N3OS. The van der Waals surface area contributed by atoms with Gasteiger partial charge in [-0.2, -0.15) is 5.10 Å². The molecule has 0 amide bonds. The molecule has 3 heterocycles. The van der Waals surface area contributed by atoms with Crippen LogP contribution in [0.5, 0.6) is 0 Å². The molecular weight excluding hydrogens is 294 g/mol. The number of aryl methyl sites for hydroxylation is 2. The smallest absolute Gasteiger partial charge is 0.122 e. The van der Waals surface area contributed by atoms with Crippen molar-refractivity contribution >= 4 is 27.2 Å². The molecule has 0 aliphatic rings. The van der Waals surface area contributed by atoms with Gasteiger partial charge in [0.05, 0.1) is 29.4 Å². The van der Waals surface area contributed by atoms with Crippen molar-refractivity contribution in [3.05, 3.63) is 40.8 Å². The minimum absolute atomic E-state index is 0.661. The van der Waals surface area contributed by atoms with E-state index in [0.717, 1.165) is 29.8 Å². The second kappa shape index (κ2) is 7.94. The van der Waals surface area contributed by atoms with E-state index in [4.69, 9.17) is 4.42 Å². The zero-order valence-electron chi connectivity index (χ0n) is 13.6. The van der Waals surface area contributed by atoms with Crippen LogP contribution >= 0.6 is 11.3 Å². The molecule has 0 saturated carbocycles. The third-order valence-electron chi connectivity index (χ3n) is 3.31. The van der Waals surface area contributed by atoms with Gasteiger partial charge < -0.3 is 9.73 Å². The van der Waals surface area contributed by atoms with Crippen molar-refractivity contribution in [2.75, 3.05) is 5.32 Å². The van der Waals surface area contributed by atoms with E-state index in [-0.39, 0.29) is 0 Å². The Balaban J connectivity index is 0.000000847.